The molecular weight excluding hydrogens is 243 g/mol. The van der Waals surface area contributed by atoms with Crippen molar-refractivity contribution < 1.29 is 5.11 Å². The SMILES string of the molecule is OC[CH]([SnH])Cc1ccccc1. The molecule has 0 aromatic heterocycles. The van der Waals surface area contributed by atoms with Crippen molar-refractivity contribution in [3.63, 3.8) is 0 Å². The maximum atomic E-state index is 8.83. The van der Waals surface area contributed by atoms with Crippen molar-refractivity contribution in [1.29, 1.82) is 0 Å². The molecule has 0 saturated carbocycles. The Morgan fingerprint density at radius 3 is 2.45 bits per heavy atom. The number of aliphatic hydroxyl groups is 1. The minimum absolute atomic E-state index is 0.330. The van der Waals surface area contributed by atoms with E-state index in [0.717, 1.165) is 28.9 Å². The van der Waals surface area contributed by atoms with Gasteiger partial charge in [0.05, 0.1) is 0 Å². The fourth-order valence-electron chi connectivity index (χ4n) is 0.981. The van der Waals surface area contributed by atoms with Gasteiger partial charge in [-0.2, -0.15) is 0 Å². The molecule has 0 amide bonds. The van der Waals surface area contributed by atoms with Crippen LogP contribution in [0.15, 0.2) is 30.3 Å². The third-order valence-corrected chi connectivity index (χ3v) is 2.85. The first-order valence-electron chi connectivity index (χ1n) is 3.73. The molecule has 0 aliphatic carbocycles. The van der Waals surface area contributed by atoms with Crippen LogP contribution in [0.3, 0.4) is 0 Å². The van der Waals surface area contributed by atoms with Crippen molar-refractivity contribution >= 4 is 22.5 Å². The molecule has 0 heterocycles. The second-order valence-corrected chi connectivity index (χ2v) is 5.32. The van der Waals surface area contributed by atoms with Gasteiger partial charge in [0.15, 0.2) is 0 Å². The van der Waals surface area contributed by atoms with Gasteiger partial charge in [-0.15, -0.1) is 0 Å². The van der Waals surface area contributed by atoms with Crippen LogP contribution in [0.25, 0.3) is 0 Å². The van der Waals surface area contributed by atoms with Crippen LogP contribution in [0.1, 0.15) is 5.56 Å². The number of benzene rings is 1. The topological polar surface area (TPSA) is 20.2 Å². The van der Waals surface area contributed by atoms with Gasteiger partial charge in [0.2, 0.25) is 0 Å². The van der Waals surface area contributed by atoms with E-state index >= 15 is 0 Å². The van der Waals surface area contributed by atoms with Crippen LogP contribution < -0.4 is 0 Å². The summed E-state index contributed by atoms with van der Waals surface area (Å²) in [6, 6.07) is 10.3. The molecule has 0 saturated heterocycles. The van der Waals surface area contributed by atoms with Crippen LogP contribution >= 0.6 is 0 Å². The first-order valence-corrected chi connectivity index (χ1v) is 5.63. The van der Waals surface area contributed by atoms with Crippen LogP contribution in [-0.4, -0.2) is 34.2 Å². The standard InChI is InChI=1S/C9H11O.Sn.H/c10-8-4-7-9-5-2-1-3-6-9;;/h1-6,10H,7-8H2;;. The van der Waals surface area contributed by atoms with Gasteiger partial charge in [0, 0.05) is 0 Å². The summed E-state index contributed by atoms with van der Waals surface area (Å²) in [6.45, 7) is 0.330. The van der Waals surface area contributed by atoms with Crippen LogP contribution in [0.2, 0.25) is 3.93 Å². The average Bonchev–Trinajstić information content (AvgIpc) is 2.06. The van der Waals surface area contributed by atoms with Crippen LogP contribution in [0.5, 0.6) is 0 Å². The zero-order chi connectivity index (χ0) is 8.10. The predicted molar refractivity (Wildman–Crippen MR) is 48.1 cm³/mol. The van der Waals surface area contributed by atoms with Crippen LogP contribution in [0.4, 0.5) is 0 Å². The molecule has 11 heavy (non-hydrogen) atoms. The molecule has 0 fully saturated rings. The molecule has 2 heteroatoms. The van der Waals surface area contributed by atoms with Crippen molar-refractivity contribution in [3.05, 3.63) is 35.9 Å². The van der Waals surface area contributed by atoms with Gasteiger partial charge in [0.1, 0.15) is 0 Å². The zero-order valence-electron chi connectivity index (χ0n) is 6.40. The van der Waals surface area contributed by atoms with Gasteiger partial charge in [-0.3, -0.25) is 0 Å². The minimum atomic E-state index is 0.330. The molecule has 2 radical (unpaired) electrons. The Bertz CT molecular complexity index is 198. The Kier molecular flexibility index (Phi) is 3.94. The zero-order valence-corrected chi connectivity index (χ0v) is 9.70. The number of hydrogen-bond acceptors (Lipinski definition) is 1. The first kappa shape index (κ1) is 9.07. The van der Waals surface area contributed by atoms with Gasteiger partial charge in [-0.1, -0.05) is 0 Å². The molecule has 1 aromatic carbocycles. The molecule has 1 aromatic rings. The van der Waals surface area contributed by atoms with Gasteiger partial charge >= 0.3 is 80.5 Å². The van der Waals surface area contributed by atoms with Gasteiger partial charge in [-0.25, -0.2) is 0 Å². The molecule has 1 atom stereocenters. The summed E-state index contributed by atoms with van der Waals surface area (Å²) in [7, 11) is 0. The average molecular weight is 255 g/mol. The summed E-state index contributed by atoms with van der Waals surface area (Å²) in [5, 5.41) is 8.83. The third-order valence-electron chi connectivity index (χ3n) is 1.58. The van der Waals surface area contributed by atoms with E-state index in [1.165, 1.54) is 5.56 Å². The summed E-state index contributed by atoms with van der Waals surface area (Å²) in [6.07, 6.45) is 1.03. The molecule has 0 spiro atoms. The number of rotatable bonds is 3. The maximum absolute atomic E-state index is 8.83. The molecule has 58 valence electrons. The van der Waals surface area contributed by atoms with E-state index in [4.69, 9.17) is 5.11 Å². The molecule has 0 aliphatic heterocycles. The van der Waals surface area contributed by atoms with E-state index in [-0.39, 0.29) is 0 Å². The third kappa shape index (κ3) is 3.25. The van der Waals surface area contributed by atoms with Crippen molar-refractivity contribution in [1.82, 2.24) is 0 Å². The summed E-state index contributed by atoms with van der Waals surface area (Å²) in [4.78, 5) is 0. The van der Waals surface area contributed by atoms with Gasteiger partial charge in [0.25, 0.3) is 0 Å². The second kappa shape index (κ2) is 4.78. The summed E-state index contributed by atoms with van der Waals surface area (Å²) >= 11 is 1.14. The molecule has 1 unspecified atom stereocenters. The van der Waals surface area contributed by atoms with Crippen molar-refractivity contribution in [2.75, 3.05) is 6.61 Å². The van der Waals surface area contributed by atoms with E-state index in [2.05, 4.69) is 12.1 Å². The van der Waals surface area contributed by atoms with E-state index in [1.807, 2.05) is 18.2 Å². The van der Waals surface area contributed by atoms with Crippen LogP contribution in [-0.2, 0) is 6.42 Å². The monoisotopic (exact) mass is 256 g/mol. The molecule has 1 N–H and O–H groups in total. The van der Waals surface area contributed by atoms with E-state index in [1.54, 1.807) is 0 Å². The molecule has 1 rings (SSSR count). The van der Waals surface area contributed by atoms with E-state index < -0.39 is 0 Å². The van der Waals surface area contributed by atoms with E-state index in [0.29, 0.717) is 10.5 Å². The van der Waals surface area contributed by atoms with Crippen molar-refractivity contribution in [2.24, 2.45) is 0 Å². The fraction of sp³-hybridized carbons (Fsp3) is 0.333. The molecule has 0 bridgehead atoms. The second-order valence-electron chi connectivity index (χ2n) is 2.63. The van der Waals surface area contributed by atoms with Crippen molar-refractivity contribution in [3.8, 4) is 0 Å². The Hall–Kier alpha value is -0.0213. The Labute approximate surface area is 80.5 Å². The van der Waals surface area contributed by atoms with Gasteiger partial charge in [-0.05, 0) is 0 Å². The quantitative estimate of drug-likeness (QED) is 0.796. The number of hydrogen-bond donors (Lipinski definition) is 1. The number of aliphatic hydroxyl groups excluding tert-OH is 1. The van der Waals surface area contributed by atoms with Crippen molar-refractivity contribution in [2.45, 2.75) is 10.4 Å². The Balaban J connectivity index is 2.51. The summed E-state index contributed by atoms with van der Waals surface area (Å²) in [5.41, 5.74) is 1.33. The Morgan fingerprint density at radius 1 is 1.27 bits per heavy atom. The summed E-state index contributed by atoms with van der Waals surface area (Å²) < 4.78 is 0.503. The normalized spacial score (nSPS) is 12.9. The molecule has 1 nitrogen and oxygen atoms in total. The van der Waals surface area contributed by atoms with E-state index in [9.17, 15) is 0 Å². The summed E-state index contributed by atoms with van der Waals surface area (Å²) in [5.74, 6) is 0. The molecule has 0 aliphatic rings. The van der Waals surface area contributed by atoms with Gasteiger partial charge < -0.3 is 0 Å². The first-order chi connectivity index (χ1) is 5.33. The Morgan fingerprint density at radius 2 is 1.91 bits per heavy atom. The molecular formula is C9H12OSn. The van der Waals surface area contributed by atoms with Crippen LogP contribution in [0, 0.1) is 0 Å². The predicted octanol–water partition coefficient (Wildman–Crippen LogP) is 0.911. The fourth-order valence-corrected chi connectivity index (χ4v) is 1.76.